The second-order valence-corrected chi connectivity index (χ2v) is 3.94. The predicted octanol–water partition coefficient (Wildman–Crippen LogP) is 1.11. The minimum absolute atomic E-state index is 0.183. The third-order valence-corrected chi connectivity index (χ3v) is 2.83. The lowest BCUT2D eigenvalue weighted by molar-refractivity contribution is -0.137. The summed E-state index contributed by atoms with van der Waals surface area (Å²) in [5, 5.41) is 8.54. The number of likely N-dealkylation sites (tertiary alicyclic amines) is 1. The van der Waals surface area contributed by atoms with E-state index in [1.165, 1.54) is 0 Å². The molecule has 1 fully saturated rings. The van der Waals surface area contributed by atoms with Gasteiger partial charge in [-0.05, 0) is 25.2 Å². The number of carboxylic acid groups (broad SMARTS) is 1. The van der Waals surface area contributed by atoms with Crippen LogP contribution in [0.25, 0.3) is 0 Å². The summed E-state index contributed by atoms with van der Waals surface area (Å²) in [6.45, 7) is 0.767. The maximum atomic E-state index is 11.3. The molecule has 1 N–H and O–H groups in total. The third kappa shape index (κ3) is 3.36. The van der Waals surface area contributed by atoms with Crippen LogP contribution in [0.2, 0.25) is 0 Å². The Morgan fingerprint density at radius 3 is 2.93 bits per heavy atom. The molecule has 1 saturated heterocycles. The maximum Gasteiger partial charge on any atom is 0.303 e. The van der Waals surface area contributed by atoms with Gasteiger partial charge in [-0.15, -0.1) is 0 Å². The molecule has 0 aromatic rings. The van der Waals surface area contributed by atoms with Crippen LogP contribution in [0.4, 0.5) is 0 Å². The minimum atomic E-state index is -0.742. The third-order valence-electron chi connectivity index (χ3n) is 2.83. The summed E-state index contributed by atoms with van der Waals surface area (Å²) in [5.41, 5.74) is 0. The van der Waals surface area contributed by atoms with Gasteiger partial charge in [-0.1, -0.05) is 0 Å². The van der Waals surface area contributed by atoms with Crippen molar-refractivity contribution in [3.8, 4) is 0 Å². The highest BCUT2D eigenvalue weighted by molar-refractivity contribution is 5.76. The van der Waals surface area contributed by atoms with E-state index in [0.29, 0.717) is 18.8 Å². The first-order chi connectivity index (χ1) is 6.59. The molecule has 0 aromatic carbocycles. The van der Waals surface area contributed by atoms with Gasteiger partial charge in [0.25, 0.3) is 0 Å². The quantitative estimate of drug-likeness (QED) is 0.740. The molecule has 0 aromatic heterocycles. The maximum absolute atomic E-state index is 11.3. The zero-order chi connectivity index (χ0) is 10.6. The molecular weight excluding hydrogens is 182 g/mol. The number of hydrogen-bond donors (Lipinski definition) is 1. The largest absolute Gasteiger partial charge is 0.481 e. The standard InChI is InChI=1S/C10H17NO3/c1-11-7-6-8(2-4-9(11)12)3-5-10(13)14/h8H,2-7H2,1H3,(H,13,14). The number of carbonyl (C=O) groups is 2. The van der Waals surface area contributed by atoms with Crippen molar-refractivity contribution in [1.29, 1.82) is 0 Å². The molecule has 0 aliphatic carbocycles. The fraction of sp³-hybridized carbons (Fsp3) is 0.800. The van der Waals surface area contributed by atoms with Crippen molar-refractivity contribution in [3.63, 3.8) is 0 Å². The van der Waals surface area contributed by atoms with Crippen molar-refractivity contribution >= 4 is 11.9 Å². The van der Waals surface area contributed by atoms with Gasteiger partial charge in [0.1, 0.15) is 0 Å². The zero-order valence-electron chi connectivity index (χ0n) is 8.53. The molecule has 1 atom stereocenters. The molecule has 1 rings (SSSR count). The molecular formula is C10H17NO3. The number of aliphatic carboxylic acids is 1. The van der Waals surface area contributed by atoms with E-state index in [1.807, 2.05) is 7.05 Å². The highest BCUT2D eigenvalue weighted by Crippen LogP contribution is 2.21. The van der Waals surface area contributed by atoms with Crippen molar-refractivity contribution in [1.82, 2.24) is 4.90 Å². The van der Waals surface area contributed by atoms with Gasteiger partial charge in [0.2, 0.25) is 5.91 Å². The average molecular weight is 199 g/mol. The predicted molar refractivity (Wildman–Crippen MR) is 51.8 cm³/mol. The Hall–Kier alpha value is -1.06. The van der Waals surface area contributed by atoms with Gasteiger partial charge >= 0.3 is 5.97 Å². The average Bonchev–Trinajstić information content (AvgIpc) is 2.28. The van der Waals surface area contributed by atoms with E-state index in [-0.39, 0.29) is 12.3 Å². The van der Waals surface area contributed by atoms with Crippen LogP contribution in [0.15, 0.2) is 0 Å². The molecule has 4 nitrogen and oxygen atoms in total. The highest BCUT2D eigenvalue weighted by atomic mass is 16.4. The number of rotatable bonds is 3. The van der Waals surface area contributed by atoms with Crippen molar-refractivity contribution in [2.75, 3.05) is 13.6 Å². The van der Waals surface area contributed by atoms with Crippen molar-refractivity contribution in [2.24, 2.45) is 5.92 Å². The number of nitrogens with zero attached hydrogens (tertiary/aromatic N) is 1. The summed E-state index contributed by atoms with van der Waals surface area (Å²) in [7, 11) is 1.81. The van der Waals surface area contributed by atoms with Crippen LogP contribution in [0.1, 0.15) is 32.1 Å². The molecule has 1 amide bonds. The summed E-state index contributed by atoms with van der Waals surface area (Å²) >= 11 is 0. The summed E-state index contributed by atoms with van der Waals surface area (Å²) < 4.78 is 0. The van der Waals surface area contributed by atoms with Gasteiger partial charge in [-0.25, -0.2) is 0 Å². The SMILES string of the molecule is CN1CCC(CCC(=O)O)CCC1=O. The minimum Gasteiger partial charge on any atom is -0.481 e. The molecule has 1 unspecified atom stereocenters. The summed E-state index contributed by atoms with van der Waals surface area (Å²) in [5.74, 6) is -0.156. The first-order valence-corrected chi connectivity index (χ1v) is 5.05. The van der Waals surface area contributed by atoms with Crippen LogP contribution in [-0.2, 0) is 9.59 Å². The molecule has 0 saturated carbocycles. The second-order valence-electron chi connectivity index (χ2n) is 3.94. The monoisotopic (exact) mass is 199 g/mol. The molecule has 1 aliphatic rings. The lowest BCUT2D eigenvalue weighted by Crippen LogP contribution is -2.25. The number of carbonyl (C=O) groups excluding carboxylic acids is 1. The van der Waals surface area contributed by atoms with Crippen molar-refractivity contribution < 1.29 is 14.7 Å². The smallest absolute Gasteiger partial charge is 0.303 e. The molecule has 14 heavy (non-hydrogen) atoms. The molecule has 1 aliphatic heterocycles. The normalized spacial score (nSPS) is 23.4. The van der Waals surface area contributed by atoms with Gasteiger partial charge < -0.3 is 10.0 Å². The highest BCUT2D eigenvalue weighted by Gasteiger charge is 2.20. The lowest BCUT2D eigenvalue weighted by atomic mass is 9.95. The number of hydrogen-bond acceptors (Lipinski definition) is 2. The van der Waals surface area contributed by atoms with Gasteiger partial charge in [0.05, 0.1) is 0 Å². The Kier molecular flexibility index (Phi) is 3.92. The van der Waals surface area contributed by atoms with E-state index in [2.05, 4.69) is 0 Å². The van der Waals surface area contributed by atoms with Crippen LogP contribution in [0.5, 0.6) is 0 Å². The van der Waals surface area contributed by atoms with Crippen LogP contribution >= 0.6 is 0 Å². The summed E-state index contributed by atoms with van der Waals surface area (Å²) in [6, 6.07) is 0. The molecule has 0 radical (unpaired) electrons. The van der Waals surface area contributed by atoms with Gasteiger partial charge in [-0.2, -0.15) is 0 Å². The van der Waals surface area contributed by atoms with Crippen molar-refractivity contribution in [3.05, 3.63) is 0 Å². The molecule has 0 bridgehead atoms. The van der Waals surface area contributed by atoms with Crippen LogP contribution in [0, 0.1) is 5.92 Å². The summed E-state index contributed by atoms with van der Waals surface area (Å²) in [4.78, 5) is 23.4. The Labute approximate surface area is 83.9 Å². The number of amides is 1. The van der Waals surface area contributed by atoms with Crippen LogP contribution in [0.3, 0.4) is 0 Å². The molecule has 1 heterocycles. The first-order valence-electron chi connectivity index (χ1n) is 5.05. The molecule has 0 spiro atoms. The fourth-order valence-corrected chi connectivity index (χ4v) is 1.78. The fourth-order valence-electron chi connectivity index (χ4n) is 1.78. The van der Waals surface area contributed by atoms with E-state index in [1.54, 1.807) is 4.90 Å². The van der Waals surface area contributed by atoms with E-state index >= 15 is 0 Å². The first kappa shape index (κ1) is 11.0. The topological polar surface area (TPSA) is 57.6 Å². The zero-order valence-corrected chi connectivity index (χ0v) is 8.53. The van der Waals surface area contributed by atoms with E-state index in [9.17, 15) is 9.59 Å². The summed E-state index contributed by atoms with van der Waals surface area (Å²) in [6.07, 6.45) is 3.28. The van der Waals surface area contributed by atoms with Crippen LogP contribution < -0.4 is 0 Å². The van der Waals surface area contributed by atoms with Gasteiger partial charge in [-0.3, -0.25) is 9.59 Å². The second kappa shape index (κ2) is 4.98. The Bertz CT molecular complexity index is 225. The van der Waals surface area contributed by atoms with E-state index < -0.39 is 5.97 Å². The van der Waals surface area contributed by atoms with E-state index in [4.69, 9.17) is 5.11 Å². The Balaban J connectivity index is 2.34. The Morgan fingerprint density at radius 1 is 1.57 bits per heavy atom. The van der Waals surface area contributed by atoms with E-state index in [0.717, 1.165) is 19.4 Å². The Morgan fingerprint density at radius 2 is 2.29 bits per heavy atom. The molecule has 80 valence electrons. The molecule has 4 heteroatoms. The van der Waals surface area contributed by atoms with Gasteiger partial charge in [0.15, 0.2) is 0 Å². The lowest BCUT2D eigenvalue weighted by Gasteiger charge is -2.14. The van der Waals surface area contributed by atoms with Crippen LogP contribution in [-0.4, -0.2) is 35.5 Å². The number of carboxylic acids is 1. The van der Waals surface area contributed by atoms with Crippen molar-refractivity contribution in [2.45, 2.75) is 32.1 Å². The van der Waals surface area contributed by atoms with Gasteiger partial charge in [0, 0.05) is 26.4 Å².